The van der Waals surface area contributed by atoms with Gasteiger partial charge in [-0.2, -0.15) is 0 Å². The second-order valence-corrected chi connectivity index (χ2v) is 8.37. The van der Waals surface area contributed by atoms with E-state index in [-0.39, 0.29) is 0 Å². The van der Waals surface area contributed by atoms with Crippen molar-refractivity contribution < 1.29 is 9.47 Å². The second-order valence-electron chi connectivity index (χ2n) is 7.20. The molecule has 0 aliphatic rings. The fourth-order valence-corrected chi connectivity index (χ4v) is 4.37. The Labute approximate surface area is 191 Å². The number of benzene rings is 4. The van der Waals surface area contributed by atoms with Crippen LogP contribution in [0.15, 0.2) is 78.9 Å². The van der Waals surface area contributed by atoms with E-state index in [4.69, 9.17) is 9.47 Å². The van der Waals surface area contributed by atoms with Gasteiger partial charge in [-0.25, -0.2) is 0 Å². The molecule has 1 N–H and O–H groups in total. The summed E-state index contributed by atoms with van der Waals surface area (Å²) < 4.78 is 12.9. The molecule has 0 unspecified atom stereocenters. The monoisotopic (exact) mass is 509 g/mol. The SMILES string of the molecule is COc1cc(CNc2ccccc2C)cc(I)c1OCc1cccc2ccccc12. The Balaban J connectivity index is 1.53. The number of hydrogen-bond donors (Lipinski definition) is 1. The van der Waals surface area contributed by atoms with Crippen LogP contribution in [-0.2, 0) is 13.2 Å². The maximum absolute atomic E-state index is 6.24. The Morgan fingerprint density at radius 2 is 1.67 bits per heavy atom. The molecule has 0 heterocycles. The van der Waals surface area contributed by atoms with Gasteiger partial charge in [0, 0.05) is 12.2 Å². The lowest BCUT2D eigenvalue weighted by atomic mass is 10.1. The minimum Gasteiger partial charge on any atom is -0.493 e. The molecule has 0 bridgehead atoms. The third-order valence-electron chi connectivity index (χ3n) is 5.17. The summed E-state index contributed by atoms with van der Waals surface area (Å²) in [5.41, 5.74) is 4.69. The first-order valence-electron chi connectivity index (χ1n) is 9.91. The molecular formula is C26H24INO2. The zero-order chi connectivity index (χ0) is 20.9. The molecule has 4 heteroatoms. The van der Waals surface area contributed by atoms with Crippen molar-refractivity contribution in [3.05, 3.63) is 99.1 Å². The van der Waals surface area contributed by atoms with Crippen LogP contribution in [0.1, 0.15) is 16.7 Å². The molecule has 30 heavy (non-hydrogen) atoms. The molecule has 0 fully saturated rings. The highest BCUT2D eigenvalue weighted by Crippen LogP contribution is 2.35. The predicted molar refractivity (Wildman–Crippen MR) is 132 cm³/mol. The summed E-state index contributed by atoms with van der Waals surface area (Å²) in [6.07, 6.45) is 0. The molecular weight excluding hydrogens is 485 g/mol. The fraction of sp³-hybridized carbons (Fsp3) is 0.154. The summed E-state index contributed by atoms with van der Waals surface area (Å²) >= 11 is 2.32. The van der Waals surface area contributed by atoms with Crippen LogP contribution in [0, 0.1) is 10.5 Å². The van der Waals surface area contributed by atoms with E-state index in [9.17, 15) is 0 Å². The number of ether oxygens (including phenoxy) is 2. The predicted octanol–water partition coefficient (Wildman–Crippen LogP) is 6.95. The Bertz CT molecular complexity index is 1170. The van der Waals surface area contributed by atoms with Crippen LogP contribution in [0.3, 0.4) is 0 Å². The largest absolute Gasteiger partial charge is 0.493 e. The van der Waals surface area contributed by atoms with Gasteiger partial charge in [-0.1, -0.05) is 60.7 Å². The standard InChI is InChI=1S/C26H24INO2/c1-18-8-3-6-13-24(18)28-16-19-14-23(27)26(25(15-19)29-2)30-17-21-11-7-10-20-9-4-5-12-22(20)21/h3-15,28H,16-17H2,1-2H3. The number of anilines is 1. The van der Waals surface area contributed by atoms with Crippen molar-refractivity contribution in [2.24, 2.45) is 0 Å². The van der Waals surface area contributed by atoms with Crippen molar-refractivity contribution in [2.45, 2.75) is 20.1 Å². The van der Waals surface area contributed by atoms with E-state index in [1.54, 1.807) is 7.11 Å². The molecule has 0 aliphatic carbocycles. The van der Waals surface area contributed by atoms with Crippen molar-refractivity contribution in [1.82, 2.24) is 0 Å². The van der Waals surface area contributed by atoms with Gasteiger partial charge in [0.2, 0.25) is 0 Å². The van der Waals surface area contributed by atoms with E-state index in [2.05, 4.69) is 102 Å². The summed E-state index contributed by atoms with van der Waals surface area (Å²) in [7, 11) is 1.69. The van der Waals surface area contributed by atoms with Gasteiger partial charge < -0.3 is 14.8 Å². The van der Waals surface area contributed by atoms with Crippen molar-refractivity contribution in [3.8, 4) is 11.5 Å². The molecule has 4 aromatic rings. The number of hydrogen-bond acceptors (Lipinski definition) is 3. The van der Waals surface area contributed by atoms with Crippen molar-refractivity contribution in [2.75, 3.05) is 12.4 Å². The molecule has 0 atom stereocenters. The van der Waals surface area contributed by atoms with Gasteiger partial charge in [-0.3, -0.25) is 0 Å². The molecule has 0 spiro atoms. The summed E-state index contributed by atoms with van der Waals surface area (Å²) in [4.78, 5) is 0. The average Bonchev–Trinajstić information content (AvgIpc) is 2.77. The molecule has 0 amide bonds. The van der Waals surface area contributed by atoms with E-state index in [0.717, 1.165) is 38.4 Å². The number of para-hydroxylation sites is 1. The average molecular weight is 509 g/mol. The number of fused-ring (bicyclic) bond motifs is 1. The van der Waals surface area contributed by atoms with Crippen LogP contribution in [0.2, 0.25) is 0 Å². The van der Waals surface area contributed by atoms with E-state index >= 15 is 0 Å². The van der Waals surface area contributed by atoms with Crippen molar-refractivity contribution >= 4 is 39.1 Å². The number of nitrogens with one attached hydrogen (secondary N) is 1. The van der Waals surface area contributed by atoms with Crippen LogP contribution in [-0.4, -0.2) is 7.11 Å². The molecule has 0 saturated heterocycles. The van der Waals surface area contributed by atoms with Gasteiger partial charge in [0.15, 0.2) is 11.5 Å². The third-order valence-corrected chi connectivity index (χ3v) is 5.97. The van der Waals surface area contributed by atoms with Crippen LogP contribution in [0.4, 0.5) is 5.69 Å². The van der Waals surface area contributed by atoms with Crippen LogP contribution < -0.4 is 14.8 Å². The number of halogens is 1. The normalized spacial score (nSPS) is 10.8. The molecule has 0 aliphatic heterocycles. The molecule has 0 radical (unpaired) electrons. The first-order valence-corrected chi connectivity index (χ1v) is 11.0. The van der Waals surface area contributed by atoms with E-state index in [1.807, 2.05) is 12.1 Å². The van der Waals surface area contributed by atoms with Gasteiger partial charge in [-0.05, 0) is 75.2 Å². The molecule has 0 aromatic heterocycles. The maximum atomic E-state index is 6.24. The van der Waals surface area contributed by atoms with Crippen LogP contribution in [0.5, 0.6) is 11.5 Å². The summed E-state index contributed by atoms with van der Waals surface area (Å²) in [6, 6.07) is 27.2. The van der Waals surface area contributed by atoms with Gasteiger partial charge in [0.05, 0.1) is 10.7 Å². The number of aryl methyl sites for hydroxylation is 1. The highest BCUT2D eigenvalue weighted by atomic mass is 127. The van der Waals surface area contributed by atoms with Crippen LogP contribution in [0.25, 0.3) is 10.8 Å². The molecule has 152 valence electrons. The maximum Gasteiger partial charge on any atom is 0.174 e. The number of rotatable bonds is 7. The van der Waals surface area contributed by atoms with Crippen molar-refractivity contribution in [1.29, 1.82) is 0 Å². The summed E-state index contributed by atoms with van der Waals surface area (Å²) in [5.74, 6) is 1.54. The Morgan fingerprint density at radius 3 is 2.50 bits per heavy atom. The molecule has 0 saturated carbocycles. The van der Waals surface area contributed by atoms with E-state index in [1.165, 1.54) is 16.3 Å². The first kappa shape index (κ1) is 20.5. The van der Waals surface area contributed by atoms with Crippen LogP contribution >= 0.6 is 22.6 Å². The minimum atomic E-state index is 0.495. The molecule has 3 nitrogen and oxygen atoms in total. The number of methoxy groups -OCH3 is 1. The third kappa shape index (κ3) is 4.54. The van der Waals surface area contributed by atoms with E-state index in [0.29, 0.717) is 6.61 Å². The lowest BCUT2D eigenvalue weighted by Crippen LogP contribution is -2.04. The van der Waals surface area contributed by atoms with Gasteiger partial charge in [0.25, 0.3) is 0 Å². The lowest BCUT2D eigenvalue weighted by molar-refractivity contribution is 0.283. The topological polar surface area (TPSA) is 30.5 Å². The van der Waals surface area contributed by atoms with E-state index < -0.39 is 0 Å². The Hall–Kier alpha value is -2.73. The minimum absolute atomic E-state index is 0.495. The summed E-state index contributed by atoms with van der Waals surface area (Å²) in [5, 5.41) is 5.94. The highest BCUT2D eigenvalue weighted by molar-refractivity contribution is 14.1. The van der Waals surface area contributed by atoms with Gasteiger partial charge in [-0.15, -0.1) is 0 Å². The molecule has 4 rings (SSSR count). The Morgan fingerprint density at radius 1 is 0.900 bits per heavy atom. The van der Waals surface area contributed by atoms with Gasteiger partial charge in [0.1, 0.15) is 6.61 Å². The first-order chi connectivity index (χ1) is 14.7. The fourth-order valence-electron chi connectivity index (χ4n) is 3.55. The lowest BCUT2D eigenvalue weighted by Gasteiger charge is -2.16. The Kier molecular flexibility index (Phi) is 6.43. The second kappa shape index (κ2) is 9.39. The quantitative estimate of drug-likeness (QED) is 0.274. The van der Waals surface area contributed by atoms with Crippen molar-refractivity contribution in [3.63, 3.8) is 0 Å². The zero-order valence-corrected chi connectivity index (χ0v) is 19.3. The summed E-state index contributed by atoms with van der Waals surface area (Å²) in [6.45, 7) is 3.33. The highest BCUT2D eigenvalue weighted by Gasteiger charge is 2.13. The zero-order valence-electron chi connectivity index (χ0n) is 17.1. The molecule has 4 aromatic carbocycles. The van der Waals surface area contributed by atoms with Gasteiger partial charge >= 0.3 is 0 Å². The smallest absolute Gasteiger partial charge is 0.174 e.